The van der Waals surface area contributed by atoms with E-state index in [2.05, 4.69) is 25.3 Å². The maximum atomic E-state index is 5.36. The Bertz CT molecular complexity index is 757. The second-order valence-electron chi connectivity index (χ2n) is 5.08. The van der Waals surface area contributed by atoms with Crippen LogP contribution in [-0.2, 0) is 0 Å². The van der Waals surface area contributed by atoms with Crippen LogP contribution >= 0.6 is 0 Å². The molecule has 3 aromatic heterocycles. The van der Waals surface area contributed by atoms with Crippen LogP contribution in [0.5, 0.6) is 0 Å². The fourth-order valence-electron chi connectivity index (χ4n) is 2.58. The summed E-state index contributed by atoms with van der Waals surface area (Å²) in [7, 11) is 0. The van der Waals surface area contributed by atoms with Gasteiger partial charge in [0.2, 0.25) is 5.82 Å². The van der Waals surface area contributed by atoms with Crippen molar-refractivity contribution in [1.82, 2.24) is 24.9 Å². The molecule has 1 aliphatic rings. The minimum absolute atomic E-state index is 0.586. The lowest BCUT2D eigenvalue weighted by atomic mass is 10.3. The molecule has 1 N–H and O–H groups in total. The molecule has 0 aliphatic carbocycles. The van der Waals surface area contributed by atoms with Crippen molar-refractivity contribution in [1.29, 1.82) is 0 Å². The first-order valence-corrected chi connectivity index (χ1v) is 7.05. The van der Waals surface area contributed by atoms with E-state index >= 15 is 0 Å². The molecule has 21 heavy (non-hydrogen) atoms. The summed E-state index contributed by atoms with van der Waals surface area (Å²) in [4.78, 5) is 11.5. The van der Waals surface area contributed by atoms with Crippen molar-refractivity contribution in [2.24, 2.45) is 0 Å². The van der Waals surface area contributed by atoms with Crippen LogP contribution in [0.25, 0.3) is 17.2 Å². The van der Waals surface area contributed by atoms with Gasteiger partial charge in [0.25, 0.3) is 0 Å². The lowest BCUT2D eigenvalue weighted by molar-refractivity contribution is 0.577. The van der Waals surface area contributed by atoms with Gasteiger partial charge in [-0.3, -0.25) is 0 Å². The molecule has 0 spiro atoms. The van der Waals surface area contributed by atoms with Crippen LogP contribution < -0.4 is 10.2 Å². The van der Waals surface area contributed by atoms with Gasteiger partial charge in [0.15, 0.2) is 11.4 Å². The number of hydrogen-bond donors (Lipinski definition) is 1. The zero-order valence-corrected chi connectivity index (χ0v) is 11.8. The van der Waals surface area contributed by atoms with E-state index in [1.54, 1.807) is 10.8 Å². The van der Waals surface area contributed by atoms with Gasteiger partial charge in [-0.15, -0.1) is 5.10 Å². The van der Waals surface area contributed by atoms with Crippen molar-refractivity contribution in [3.63, 3.8) is 0 Å². The fourth-order valence-corrected chi connectivity index (χ4v) is 2.58. The number of nitrogens with one attached hydrogen (secondary N) is 1. The van der Waals surface area contributed by atoms with Gasteiger partial charge in [-0.1, -0.05) is 0 Å². The van der Waals surface area contributed by atoms with Gasteiger partial charge >= 0.3 is 0 Å². The third-order valence-electron chi connectivity index (χ3n) is 3.66. The number of piperazine rings is 1. The molecular formula is C14H16N6O. The SMILES string of the molecule is Cc1nc(N2CCNCC2)cc2nc(-c3ccco3)nn12. The Labute approximate surface area is 121 Å². The van der Waals surface area contributed by atoms with E-state index in [4.69, 9.17) is 4.42 Å². The lowest BCUT2D eigenvalue weighted by Gasteiger charge is -2.28. The molecule has 1 aliphatic heterocycles. The molecule has 4 heterocycles. The predicted octanol–water partition coefficient (Wildman–Crippen LogP) is 1.10. The number of furan rings is 1. The zero-order chi connectivity index (χ0) is 14.2. The highest BCUT2D eigenvalue weighted by Gasteiger charge is 2.16. The molecule has 3 aromatic rings. The van der Waals surface area contributed by atoms with Crippen molar-refractivity contribution in [2.45, 2.75) is 6.92 Å². The van der Waals surface area contributed by atoms with E-state index in [9.17, 15) is 0 Å². The van der Waals surface area contributed by atoms with Crippen molar-refractivity contribution in [2.75, 3.05) is 31.1 Å². The van der Waals surface area contributed by atoms with Crippen LogP contribution in [0.3, 0.4) is 0 Å². The molecule has 4 rings (SSSR count). The Hall–Kier alpha value is -2.41. The van der Waals surface area contributed by atoms with Gasteiger partial charge in [-0.2, -0.15) is 4.52 Å². The summed E-state index contributed by atoms with van der Waals surface area (Å²) in [5.74, 6) is 3.04. The molecule has 7 nitrogen and oxygen atoms in total. The molecule has 7 heteroatoms. The number of anilines is 1. The van der Waals surface area contributed by atoms with Crippen LogP contribution in [0.2, 0.25) is 0 Å². The number of nitrogens with zero attached hydrogens (tertiary/aromatic N) is 5. The summed E-state index contributed by atoms with van der Waals surface area (Å²) in [6.07, 6.45) is 1.62. The van der Waals surface area contributed by atoms with E-state index in [1.807, 2.05) is 25.1 Å². The summed E-state index contributed by atoms with van der Waals surface area (Å²) < 4.78 is 7.11. The third kappa shape index (κ3) is 2.15. The quantitative estimate of drug-likeness (QED) is 0.760. The topological polar surface area (TPSA) is 71.5 Å². The van der Waals surface area contributed by atoms with E-state index in [0.29, 0.717) is 11.6 Å². The fraction of sp³-hybridized carbons (Fsp3) is 0.357. The van der Waals surface area contributed by atoms with Crippen LogP contribution in [0.4, 0.5) is 5.82 Å². The lowest BCUT2D eigenvalue weighted by Crippen LogP contribution is -2.44. The highest BCUT2D eigenvalue weighted by atomic mass is 16.3. The second-order valence-corrected chi connectivity index (χ2v) is 5.08. The Morgan fingerprint density at radius 3 is 2.86 bits per heavy atom. The molecule has 0 atom stereocenters. The average molecular weight is 284 g/mol. The second kappa shape index (κ2) is 4.85. The Morgan fingerprint density at radius 2 is 2.10 bits per heavy atom. The summed E-state index contributed by atoms with van der Waals surface area (Å²) in [5.41, 5.74) is 0.794. The van der Waals surface area contributed by atoms with E-state index in [0.717, 1.165) is 43.5 Å². The van der Waals surface area contributed by atoms with Gasteiger partial charge in [0.05, 0.1) is 6.26 Å². The number of hydrogen-bond acceptors (Lipinski definition) is 6. The Morgan fingerprint density at radius 1 is 1.24 bits per heavy atom. The summed E-state index contributed by atoms with van der Waals surface area (Å²) >= 11 is 0. The Balaban J connectivity index is 1.78. The van der Waals surface area contributed by atoms with Gasteiger partial charge in [0.1, 0.15) is 11.6 Å². The van der Waals surface area contributed by atoms with Gasteiger partial charge in [0, 0.05) is 32.2 Å². The van der Waals surface area contributed by atoms with Crippen LogP contribution in [0, 0.1) is 6.92 Å². The van der Waals surface area contributed by atoms with Gasteiger partial charge in [-0.05, 0) is 19.1 Å². The number of aromatic nitrogens is 4. The maximum Gasteiger partial charge on any atom is 0.217 e. The monoisotopic (exact) mass is 284 g/mol. The smallest absolute Gasteiger partial charge is 0.217 e. The number of rotatable bonds is 2. The first-order valence-electron chi connectivity index (χ1n) is 7.05. The minimum atomic E-state index is 0.586. The van der Waals surface area contributed by atoms with E-state index < -0.39 is 0 Å². The first kappa shape index (κ1) is 12.3. The average Bonchev–Trinajstić information content (AvgIpc) is 3.17. The molecule has 0 bridgehead atoms. The van der Waals surface area contributed by atoms with Crippen molar-refractivity contribution in [3.05, 3.63) is 30.3 Å². The normalized spacial score (nSPS) is 15.8. The standard InChI is InChI=1S/C14H16N6O/c1-10-16-12(19-6-4-15-5-7-19)9-13-17-14(18-20(10)13)11-3-2-8-21-11/h2-3,8-9,15H,4-7H2,1H3. The maximum absolute atomic E-state index is 5.36. The highest BCUT2D eigenvalue weighted by molar-refractivity contribution is 5.57. The van der Waals surface area contributed by atoms with Crippen molar-refractivity contribution >= 4 is 11.5 Å². The summed E-state index contributed by atoms with van der Waals surface area (Å²) in [6.45, 7) is 5.83. The van der Waals surface area contributed by atoms with E-state index in [-0.39, 0.29) is 0 Å². The zero-order valence-electron chi connectivity index (χ0n) is 11.8. The van der Waals surface area contributed by atoms with E-state index in [1.165, 1.54) is 0 Å². The predicted molar refractivity (Wildman–Crippen MR) is 78.3 cm³/mol. The molecule has 0 unspecified atom stereocenters. The largest absolute Gasteiger partial charge is 0.461 e. The van der Waals surface area contributed by atoms with Crippen molar-refractivity contribution in [3.8, 4) is 11.6 Å². The minimum Gasteiger partial charge on any atom is -0.461 e. The van der Waals surface area contributed by atoms with Crippen LogP contribution in [0.15, 0.2) is 28.9 Å². The Kier molecular flexibility index (Phi) is 2.85. The molecular weight excluding hydrogens is 268 g/mol. The number of aryl methyl sites for hydroxylation is 1. The first-order chi connectivity index (χ1) is 10.3. The molecule has 0 aromatic carbocycles. The van der Waals surface area contributed by atoms with Crippen LogP contribution in [0.1, 0.15) is 5.82 Å². The summed E-state index contributed by atoms with van der Waals surface area (Å²) in [6, 6.07) is 5.67. The van der Waals surface area contributed by atoms with Crippen molar-refractivity contribution < 1.29 is 4.42 Å². The summed E-state index contributed by atoms with van der Waals surface area (Å²) in [5, 5.41) is 7.80. The molecule has 108 valence electrons. The molecule has 0 amide bonds. The molecule has 1 saturated heterocycles. The van der Waals surface area contributed by atoms with Gasteiger partial charge < -0.3 is 14.6 Å². The number of fused-ring (bicyclic) bond motifs is 1. The highest BCUT2D eigenvalue weighted by Crippen LogP contribution is 2.20. The molecule has 1 fully saturated rings. The molecule has 0 saturated carbocycles. The van der Waals surface area contributed by atoms with Crippen LogP contribution in [-0.4, -0.2) is 45.8 Å². The van der Waals surface area contributed by atoms with Gasteiger partial charge in [-0.25, -0.2) is 9.97 Å². The third-order valence-corrected chi connectivity index (χ3v) is 3.66. The molecule has 0 radical (unpaired) electrons.